The van der Waals surface area contributed by atoms with Crippen molar-refractivity contribution in [2.45, 2.75) is 38.8 Å². The van der Waals surface area contributed by atoms with Gasteiger partial charge in [-0.3, -0.25) is 9.78 Å². The summed E-state index contributed by atoms with van der Waals surface area (Å²) in [4.78, 5) is 40.5. The van der Waals surface area contributed by atoms with Crippen molar-refractivity contribution in [1.82, 2.24) is 25.3 Å². The third kappa shape index (κ3) is 6.17. The van der Waals surface area contributed by atoms with E-state index in [1.165, 1.54) is 19.5 Å². The first kappa shape index (κ1) is 27.0. The fraction of sp³-hybridized carbons (Fsp3) is 0.364. The molecule has 3 heterocycles. The van der Waals surface area contributed by atoms with E-state index in [0.29, 0.717) is 41.1 Å². The summed E-state index contributed by atoms with van der Waals surface area (Å²) in [5.74, 6) is -5.78. The van der Waals surface area contributed by atoms with Gasteiger partial charge in [-0.25, -0.2) is 19.7 Å². The molecule has 0 fully saturated rings. The lowest BCUT2D eigenvalue weighted by atomic mass is 10.0. The topological polar surface area (TPSA) is 107 Å². The Morgan fingerprint density at radius 2 is 1.75 bits per heavy atom. The zero-order chi connectivity index (χ0) is 26.8. The number of methoxy groups -OCH3 is 1. The minimum absolute atomic E-state index is 0.110. The number of aromatic nitrogens is 4. The Kier molecular flexibility index (Phi) is 7.67. The average Bonchev–Trinajstić information content (AvgIpc) is 3.30. The second-order valence-corrected chi connectivity index (χ2v) is 8.92. The van der Waals surface area contributed by atoms with Crippen molar-refractivity contribution in [2.24, 2.45) is 0 Å². The summed E-state index contributed by atoms with van der Waals surface area (Å²) in [7, 11) is 1.23. The predicted octanol–water partition coefficient (Wildman–Crippen LogP) is 4.75. The van der Waals surface area contributed by atoms with E-state index in [9.17, 15) is 31.5 Å². The highest BCUT2D eigenvalue weighted by Crippen LogP contribution is 2.33. The van der Waals surface area contributed by atoms with Crippen molar-refractivity contribution in [1.29, 1.82) is 0 Å². The van der Waals surface area contributed by atoms with Gasteiger partial charge in [-0.2, -0.15) is 22.0 Å². The number of hydrogen-bond acceptors (Lipinski definition) is 8. The molecule has 1 N–H and O–H groups in total. The van der Waals surface area contributed by atoms with Gasteiger partial charge in [-0.1, -0.05) is 6.92 Å². The number of esters is 1. The van der Waals surface area contributed by atoms with Gasteiger partial charge in [-0.05, 0) is 19.1 Å². The monoisotopic (exact) mass is 529 g/mol. The minimum Gasteiger partial charge on any atom is -0.465 e. The van der Waals surface area contributed by atoms with Crippen LogP contribution in [0.2, 0.25) is 0 Å². The maximum atomic E-state index is 13.7. The van der Waals surface area contributed by atoms with Crippen LogP contribution < -0.4 is 5.32 Å². The highest BCUT2D eigenvalue weighted by molar-refractivity contribution is 7.16. The van der Waals surface area contributed by atoms with Crippen LogP contribution in [0.1, 0.15) is 62.6 Å². The summed E-state index contributed by atoms with van der Waals surface area (Å²) in [6, 6.07) is 1.04. The predicted molar refractivity (Wildman–Crippen MR) is 119 cm³/mol. The maximum Gasteiger partial charge on any atom is 0.433 e. The molecule has 14 heteroatoms. The van der Waals surface area contributed by atoms with Crippen LogP contribution in [0.3, 0.4) is 0 Å². The molecule has 192 valence electrons. The molecule has 0 aromatic carbocycles. The molecule has 0 aliphatic rings. The quantitative estimate of drug-likeness (QED) is 0.348. The van der Waals surface area contributed by atoms with Crippen LogP contribution in [0, 0.1) is 6.92 Å². The third-order valence-corrected chi connectivity index (χ3v) is 5.86. The number of rotatable bonds is 7. The third-order valence-electron chi connectivity index (χ3n) is 4.88. The van der Waals surface area contributed by atoms with E-state index in [2.05, 4.69) is 30.0 Å². The van der Waals surface area contributed by atoms with Gasteiger partial charge in [0.05, 0.1) is 24.7 Å². The molecule has 36 heavy (non-hydrogen) atoms. The second-order valence-electron chi connectivity index (χ2n) is 7.89. The number of ether oxygens (including phenoxy) is 1. The van der Waals surface area contributed by atoms with Crippen molar-refractivity contribution in [3.63, 3.8) is 0 Å². The Balaban J connectivity index is 1.86. The summed E-state index contributed by atoms with van der Waals surface area (Å²) < 4.78 is 71.6. The molecular weight excluding hydrogens is 509 g/mol. The second kappa shape index (κ2) is 10.2. The molecule has 3 aromatic heterocycles. The van der Waals surface area contributed by atoms with Crippen molar-refractivity contribution in [2.75, 3.05) is 13.7 Å². The van der Waals surface area contributed by atoms with Crippen LogP contribution in [0.4, 0.5) is 22.0 Å². The molecule has 1 atom stereocenters. The van der Waals surface area contributed by atoms with Gasteiger partial charge in [0.1, 0.15) is 27.0 Å². The number of hydrogen-bond donors (Lipinski definition) is 1. The van der Waals surface area contributed by atoms with Crippen molar-refractivity contribution < 1.29 is 36.3 Å². The van der Waals surface area contributed by atoms with Gasteiger partial charge in [0.15, 0.2) is 0 Å². The first-order valence-corrected chi connectivity index (χ1v) is 11.2. The molecule has 1 unspecified atom stereocenters. The molecule has 0 saturated heterocycles. The number of aryl methyl sites for hydroxylation is 1. The summed E-state index contributed by atoms with van der Waals surface area (Å²) in [5, 5.41) is 2.82. The summed E-state index contributed by atoms with van der Waals surface area (Å²) >= 11 is 1.03. The fourth-order valence-corrected chi connectivity index (χ4v) is 3.90. The van der Waals surface area contributed by atoms with Crippen LogP contribution in [0.5, 0.6) is 0 Å². The largest absolute Gasteiger partial charge is 0.465 e. The van der Waals surface area contributed by atoms with Gasteiger partial charge in [0, 0.05) is 31.1 Å². The summed E-state index contributed by atoms with van der Waals surface area (Å²) in [6.45, 7) is 3.65. The van der Waals surface area contributed by atoms with E-state index in [4.69, 9.17) is 0 Å². The standard InChI is InChI=1S/C22H20F5N5O3S/c1-10(16-17(28-8-11(2)31-16)19-30-9-13(36-19)20(34)35-4)7-29-18(33)12-5-14(21(3,23)24)32-15(6-12)22(25,26)27/h5-6,8-10H,7H2,1-4H3,(H,29,33). The van der Waals surface area contributed by atoms with Crippen LogP contribution in [0.25, 0.3) is 10.7 Å². The molecular formula is C22H20F5N5O3S. The normalized spacial score (nSPS) is 12.8. The first-order chi connectivity index (χ1) is 16.7. The van der Waals surface area contributed by atoms with Crippen LogP contribution in [-0.2, 0) is 16.8 Å². The Labute approximate surface area is 206 Å². The summed E-state index contributed by atoms with van der Waals surface area (Å²) in [6.07, 6.45) is -2.20. The Bertz CT molecular complexity index is 1260. The van der Waals surface area contributed by atoms with Crippen molar-refractivity contribution in [3.05, 3.63) is 57.7 Å². The molecule has 0 spiro atoms. The number of amides is 1. The van der Waals surface area contributed by atoms with E-state index >= 15 is 0 Å². The van der Waals surface area contributed by atoms with Gasteiger partial charge >= 0.3 is 12.1 Å². The molecule has 3 rings (SSSR count). The molecule has 1 amide bonds. The molecule has 0 aliphatic heterocycles. The molecule has 3 aromatic rings. The number of halogens is 5. The highest BCUT2D eigenvalue weighted by atomic mass is 32.1. The Hall–Kier alpha value is -3.55. The molecule has 0 bridgehead atoms. The van der Waals surface area contributed by atoms with Crippen LogP contribution in [0.15, 0.2) is 24.5 Å². The molecule has 8 nitrogen and oxygen atoms in total. The van der Waals surface area contributed by atoms with Crippen molar-refractivity contribution in [3.8, 4) is 10.7 Å². The number of nitrogens with zero attached hydrogens (tertiary/aromatic N) is 4. The number of nitrogens with one attached hydrogen (secondary N) is 1. The van der Waals surface area contributed by atoms with E-state index < -0.39 is 46.8 Å². The fourth-order valence-electron chi connectivity index (χ4n) is 3.06. The van der Waals surface area contributed by atoms with Gasteiger partial charge < -0.3 is 10.1 Å². The summed E-state index contributed by atoms with van der Waals surface area (Å²) in [5.41, 5.74) is -2.08. The van der Waals surface area contributed by atoms with Gasteiger partial charge in [0.2, 0.25) is 0 Å². The number of carbonyl (C=O) groups excluding carboxylic acids is 2. The lowest BCUT2D eigenvalue weighted by Gasteiger charge is -2.17. The Morgan fingerprint density at radius 3 is 2.36 bits per heavy atom. The first-order valence-electron chi connectivity index (χ1n) is 10.3. The maximum absolute atomic E-state index is 13.7. The lowest BCUT2D eigenvalue weighted by Crippen LogP contribution is -2.29. The molecule has 0 radical (unpaired) electrons. The number of carbonyl (C=O) groups is 2. The van der Waals surface area contributed by atoms with Crippen LogP contribution in [-0.4, -0.2) is 45.5 Å². The van der Waals surface area contributed by atoms with Gasteiger partial charge in [-0.15, -0.1) is 11.3 Å². The van der Waals surface area contributed by atoms with Crippen LogP contribution >= 0.6 is 11.3 Å². The smallest absolute Gasteiger partial charge is 0.433 e. The highest BCUT2D eigenvalue weighted by Gasteiger charge is 2.37. The molecule has 0 aliphatic carbocycles. The SMILES string of the molecule is COC(=O)c1cnc(-c2ncc(C)nc2C(C)CNC(=O)c2cc(C(C)(F)F)nc(C(F)(F)F)c2)s1. The lowest BCUT2D eigenvalue weighted by molar-refractivity contribution is -0.141. The number of pyridine rings is 1. The Morgan fingerprint density at radius 1 is 1.08 bits per heavy atom. The van der Waals surface area contributed by atoms with E-state index in [0.717, 1.165) is 11.3 Å². The van der Waals surface area contributed by atoms with Gasteiger partial charge in [0.25, 0.3) is 11.8 Å². The van der Waals surface area contributed by atoms with Crippen molar-refractivity contribution >= 4 is 23.2 Å². The zero-order valence-corrected chi connectivity index (χ0v) is 20.2. The zero-order valence-electron chi connectivity index (χ0n) is 19.4. The number of alkyl halides is 5. The van der Waals surface area contributed by atoms with E-state index in [1.54, 1.807) is 13.8 Å². The van der Waals surface area contributed by atoms with E-state index in [-0.39, 0.29) is 11.4 Å². The van der Waals surface area contributed by atoms with E-state index in [1.807, 2.05) is 0 Å². The molecule has 0 saturated carbocycles. The average molecular weight is 529 g/mol. The minimum atomic E-state index is -5.02. The number of thiazole rings is 1.